The second-order valence-corrected chi connectivity index (χ2v) is 3.94. The van der Waals surface area contributed by atoms with Gasteiger partial charge >= 0.3 is 0 Å². The van der Waals surface area contributed by atoms with Gasteiger partial charge in [0.15, 0.2) is 5.69 Å². The molecule has 1 aliphatic carbocycles. The smallest absolute Gasteiger partial charge is 0.276 e. The Morgan fingerprint density at radius 3 is 2.87 bits per heavy atom. The quantitative estimate of drug-likeness (QED) is 0.796. The van der Waals surface area contributed by atoms with Gasteiger partial charge in [0, 0.05) is 25.8 Å². The van der Waals surface area contributed by atoms with Crippen molar-refractivity contribution in [3.63, 3.8) is 0 Å². The Hall–Kier alpha value is -1.52. The molecule has 1 saturated carbocycles. The van der Waals surface area contributed by atoms with Crippen molar-refractivity contribution in [3.8, 4) is 0 Å². The van der Waals surface area contributed by atoms with Crippen LogP contribution < -0.4 is 5.73 Å². The summed E-state index contributed by atoms with van der Waals surface area (Å²) in [5.41, 5.74) is 6.59. The van der Waals surface area contributed by atoms with E-state index in [4.69, 9.17) is 5.73 Å². The molecule has 0 aromatic carbocycles. The van der Waals surface area contributed by atoms with Gasteiger partial charge < -0.3 is 10.6 Å². The van der Waals surface area contributed by atoms with Crippen LogP contribution in [0.1, 0.15) is 30.3 Å². The maximum absolute atomic E-state index is 11.9. The van der Waals surface area contributed by atoms with Gasteiger partial charge in [-0.05, 0) is 19.8 Å². The highest BCUT2D eigenvalue weighted by atomic mass is 16.2. The molecule has 1 amide bonds. The Balaban J connectivity index is 2.19. The monoisotopic (exact) mass is 208 g/mol. The number of nitrogens with zero attached hydrogens (tertiary/aromatic N) is 3. The predicted molar refractivity (Wildman–Crippen MR) is 57.4 cm³/mol. The average Bonchev–Trinajstić information content (AvgIpc) is 3.00. The molecule has 1 aromatic heterocycles. The highest BCUT2D eigenvalue weighted by Crippen LogP contribution is 2.27. The molecule has 2 rings (SSSR count). The molecule has 1 aromatic rings. The number of hydrogen-bond acceptors (Lipinski definition) is 3. The van der Waals surface area contributed by atoms with E-state index in [1.54, 1.807) is 15.8 Å². The topological polar surface area (TPSA) is 64.2 Å². The van der Waals surface area contributed by atoms with Crippen LogP contribution in [0.15, 0.2) is 6.20 Å². The van der Waals surface area contributed by atoms with E-state index in [2.05, 4.69) is 5.10 Å². The summed E-state index contributed by atoms with van der Waals surface area (Å²) in [6.07, 6.45) is 3.89. The SMILES string of the molecule is CCn1cc(N)c(C(=O)N(C)C2CC2)n1. The zero-order valence-corrected chi connectivity index (χ0v) is 9.10. The molecule has 0 unspecified atom stereocenters. The Morgan fingerprint density at radius 2 is 2.40 bits per heavy atom. The average molecular weight is 208 g/mol. The number of nitrogens with two attached hydrogens (primary N) is 1. The van der Waals surface area contributed by atoms with Gasteiger partial charge in [-0.2, -0.15) is 5.10 Å². The first-order valence-electron chi connectivity index (χ1n) is 5.23. The summed E-state index contributed by atoms with van der Waals surface area (Å²) in [7, 11) is 1.81. The summed E-state index contributed by atoms with van der Waals surface area (Å²) in [4.78, 5) is 13.7. The molecule has 5 heteroatoms. The molecule has 5 nitrogen and oxygen atoms in total. The normalized spacial score (nSPS) is 15.3. The minimum atomic E-state index is -0.0674. The highest BCUT2D eigenvalue weighted by Gasteiger charge is 2.31. The molecule has 2 N–H and O–H groups in total. The van der Waals surface area contributed by atoms with Crippen LogP contribution in [0.4, 0.5) is 5.69 Å². The zero-order chi connectivity index (χ0) is 11.0. The Morgan fingerprint density at radius 1 is 1.73 bits per heavy atom. The van der Waals surface area contributed by atoms with Crippen molar-refractivity contribution < 1.29 is 4.79 Å². The van der Waals surface area contributed by atoms with Crippen LogP contribution >= 0.6 is 0 Å². The van der Waals surface area contributed by atoms with Crippen LogP contribution in [-0.2, 0) is 6.54 Å². The minimum Gasteiger partial charge on any atom is -0.396 e. The maximum atomic E-state index is 11.9. The Labute approximate surface area is 88.8 Å². The van der Waals surface area contributed by atoms with Gasteiger partial charge in [0.25, 0.3) is 5.91 Å². The van der Waals surface area contributed by atoms with Crippen LogP contribution in [-0.4, -0.2) is 33.7 Å². The molecule has 0 aliphatic heterocycles. The summed E-state index contributed by atoms with van der Waals surface area (Å²) in [5, 5.41) is 4.16. The van der Waals surface area contributed by atoms with E-state index in [1.165, 1.54) is 0 Å². The third kappa shape index (κ3) is 1.82. The van der Waals surface area contributed by atoms with E-state index in [1.807, 2.05) is 14.0 Å². The largest absolute Gasteiger partial charge is 0.396 e. The molecular formula is C10H16N4O. The lowest BCUT2D eigenvalue weighted by molar-refractivity contribution is 0.0779. The van der Waals surface area contributed by atoms with Crippen molar-refractivity contribution in [2.24, 2.45) is 0 Å². The number of carbonyl (C=O) groups is 1. The van der Waals surface area contributed by atoms with Gasteiger partial charge in [-0.1, -0.05) is 0 Å². The summed E-state index contributed by atoms with van der Waals surface area (Å²) < 4.78 is 1.68. The lowest BCUT2D eigenvalue weighted by Crippen LogP contribution is -2.29. The summed E-state index contributed by atoms with van der Waals surface area (Å²) in [5.74, 6) is -0.0674. The van der Waals surface area contributed by atoms with Crippen molar-refractivity contribution in [3.05, 3.63) is 11.9 Å². The Kier molecular flexibility index (Phi) is 2.38. The van der Waals surface area contributed by atoms with E-state index in [-0.39, 0.29) is 5.91 Å². The number of aryl methyl sites for hydroxylation is 1. The fourth-order valence-electron chi connectivity index (χ4n) is 1.56. The van der Waals surface area contributed by atoms with Crippen LogP contribution in [0.3, 0.4) is 0 Å². The summed E-state index contributed by atoms with van der Waals surface area (Å²) >= 11 is 0. The van der Waals surface area contributed by atoms with Crippen molar-refractivity contribution in [1.82, 2.24) is 14.7 Å². The summed E-state index contributed by atoms with van der Waals surface area (Å²) in [6.45, 7) is 2.69. The number of hydrogen-bond donors (Lipinski definition) is 1. The molecule has 1 heterocycles. The molecule has 0 spiro atoms. The number of amides is 1. The van der Waals surface area contributed by atoms with E-state index >= 15 is 0 Å². The first-order chi connectivity index (χ1) is 7.13. The third-order valence-corrected chi connectivity index (χ3v) is 2.73. The lowest BCUT2D eigenvalue weighted by atomic mass is 10.3. The number of anilines is 1. The fraction of sp³-hybridized carbons (Fsp3) is 0.600. The fourth-order valence-corrected chi connectivity index (χ4v) is 1.56. The van der Waals surface area contributed by atoms with Gasteiger partial charge in [0.2, 0.25) is 0 Å². The number of carbonyl (C=O) groups excluding carboxylic acids is 1. The molecule has 1 aliphatic rings. The van der Waals surface area contributed by atoms with Crippen molar-refractivity contribution in [2.45, 2.75) is 32.4 Å². The third-order valence-electron chi connectivity index (χ3n) is 2.73. The van der Waals surface area contributed by atoms with Gasteiger partial charge in [-0.25, -0.2) is 0 Å². The molecule has 82 valence electrons. The number of aromatic nitrogens is 2. The van der Waals surface area contributed by atoms with Gasteiger partial charge in [-0.3, -0.25) is 9.48 Å². The maximum Gasteiger partial charge on any atom is 0.276 e. The second kappa shape index (κ2) is 3.56. The molecule has 0 atom stereocenters. The standard InChI is InChI=1S/C10H16N4O/c1-3-14-6-8(11)9(12-14)10(15)13(2)7-4-5-7/h6-7H,3-5,11H2,1-2H3. The molecule has 1 fully saturated rings. The van der Waals surface area contributed by atoms with E-state index < -0.39 is 0 Å². The van der Waals surface area contributed by atoms with Crippen LogP contribution in [0.25, 0.3) is 0 Å². The first kappa shape index (κ1) is 10.0. The van der Waals surface area contributed by atoms with Crippen molar-refractivity contribution in [2.75, 3.05) is 12.8 Å². The second-order valence-electron chi connectivity index (χ2n) is 3.94. The first-order valence-corrected chi connectivity index (χ1v) is 5.23. The van der Waals surface area contributed by atoms with Gasteiger partial charge in [0.1, 0.15) is 0 Å². The zero-order valence-electron chi connectivity index (χ0n) is 9.10. The molecule has 0 saturated heterocycles. The van der Waals surface area contributed by atoms with Crippen LogP contribution in [0, 0.1) is 0 Å². The molecule has 0 radical (unpaired) electrons. The lowest BCUT2D eigenvalue weighted by Gasteiger charge is -2.14. The molecular weight excluding hydrogens is 192 g/mol. The summed E-state index contributed by atoms with van der Waals surface area (Å²) in [6, 6.07) is 0.392. The van der Waals surface area contributed by atoms with E-state index in [0.29, 0.717) is 17.4 Å². The molecule has 0 bridgehead atoms. The minimum absolute atomic E-state index is 0.0674. The van der Waals surface area contributed by atoms with Gasteiger partial charge in [-0.15, -0.1) is 0 Å². The molecule has 15 heavy (non-hydrogen) atoms. The van der Waals surface area contributed by atoms with Crippen LogP contribution in [0.5, 0.6) is 0 Å². The number of rotatable bonds is 3. The van der Waals surface area contributed by atoms with E-state index in [9.17, 15) is 4.79 Å². The Bertz CT molecular complexity index is 381. The van der Waals surface area contributed by atoms with Gasteiger partial charge in [0.05, 0.1) is 5.69 Å². The van der Waals surface area contributed by atoms with Crippen molar-refractivity contribution in [1.29, 1.82) is 0 Å². The van der Waals surface area contributed by atoms with Crippen LogP contribution in [0.2, 0.25) is 0 Å². The highest BCUT2D eigenvalue weighted by molar-refractivity contribution is 5.97. The predicted octanol–water partition coefficient (Wildman–Crippen LogP) is 0.720. The number of nitrogen functional groups attached to an aromatic ring is 1. The van der Waals surface area contributed by atoms with Crippen molar-refractivity contribution >= 4 is 11.6 Å². The van der Waals surface area contributed by atoms with E-state index in [0.717, 1.165) is 19.4 Å².